The first-order valence-corrected chi connectivity index (χ1v) is 8.03. The fourth-order valence-electron chi connectivity index (χ4n) is 2.04. The second-order valence-electron chi connectivity index (χ2n) is 4.54. The molecule has 1 atom stereocenters. The quantitative estimate of drug-likeness (QED) is 0.704. The molecule has 0 bridgehead atoms. The van der Waals surface area contributed by atoms with Crippen molar-refractivity contribution in [1.82, 2.24) is 0 Å². The van der Waals surface area contributed by atoms with Crippen molar-refractivity contribution in [1.29, 1.82) is 0 Å². The van der Waals surface area contributed by atoms with Crippen LogP contribution in [0.3, 0.4) is 0 Å². The normalized spacial score (nSPS) is 12.2. The standard InChI is InChI=1S/C16H17Br2N/c1-2-13(11-12-7-4-3-5-8-12)19-16-14(17)9-6-10-15(16)18/h3-10,13,19H,2,11H2,1H3. The molecule has 100 valence electrons. The molecule has 0 heterocycles. The minimum Gasteiger partial charge on any atom is -0.380 e. The van der Waals surface area contributed by atoms with Gasteiger partial charge in [-0.3, -0.25) is 0 Å². The van der Waals surface area contributed by atoms with E-state index in [0.717, 1.165) is 27.5 Å². The predicted octanol–water partition coefficient (Wildman–Crippen LogP) is 5.64. The lowest BCUT2D eigenvalue weighted by Gasteiger charge is -2.20. The zero-order valence-electron chi connectivity index (χ0n) is 10.9. The third kappa shape index (κ3) is 4.08. The number of nitrogens with one attached hydrogen (secondary N) is 1. The van der Waals surface area contributed by atoms with Crippen molar-refractivity contribution in [3.05, 3.63) is 63.0 Å². The Morgan fingerprint density at radius 2 is 1.58 bits per heavy atom. The van der Waals surface area contributed by atoms with E-state index in [4.69, 9.17) is 0 Å². The molecule has 0 spiro atoms. The van der Waals surface area contributed by atoms with E-state index in [1.165, 1.54) is 5.56 Å². The van der Waals surface area contributed by atoms with Gasteiger partial charge in [-0.05, 0) is 62.4 Å². The highest BCUT2D eigenvalue weighted by molar-refractivity contribution is 9.11. The largest absolute Gasteiger partial charge is 0.380 e. The van der Waals surface area contributed by atoms with Gasteiger partial charge in [-0.25, -0.2) is 0 Å². The highest BCUT2D eigenvalue weighted by Gasteiger charge is 2.11. The molecular formula is C16H17Br2N. The summed E-state index contributed by atoms with van der Waals surface area (Å²) in [6.45, 7) is 2.21. The number of para-hydroxylation sites is 1. The summed E-state index contributed by atoms with van der Waals surface area (Å²) in [4.78, 5) is 0. The van der Waals surface area contributed by atoms with Gasteiger partial charge in [0, 0.05) is 15.0 Å². The van der Waals surface area contributed by atoms with Crippen LogP contribution in [0.1, 0.15) is 18.9 Å². The molecule has 2 aromatic rings. The molecule has 0 aliphatic carbocycles. The maximum absolute atomic E-state index is 3.62. The van der Waals surface area contributed by atoms with Crippen LogP contribution >= 0.6 is 31.9 Å². The molecule has 0 aromatic heterocycles. The van der Waals surface area contributed by atoms with Crippen LogP contribution in [0.5, 0.6) is 0 Å². The summed E-state index contributed by atoms with van der Waals surface area (Å²) in [7, 11) is 0. The monoisotopic (exact) mass is 381 g/mol. The summed E-state index contributed by atoms with van der Waals surface area (Å²) in [5.74, 6) is 0. The van der Waals surface area contributed by atoms with Gasteiger partial charge in [-0.2, -0.15) is 0 Å². The number of hydrogen-bond donors (Lipinski definition) is 1. The predicted molar refractivity (Wildman–Crippen MR) is 89.7 cm³/mol. The Hall–Kier alpha value is -0.800. The first kappa shape index (κ1) is 14.6. The van der Waals surface area contributed by atoms with Crippen LogP contribution in [-0.2, 0) is 6.42 Å². The minimum absolute atomic E-state index is 0.428. The van der Waals surface area contributed by atoms with Gasteiger partial charge in [-0.15, -0.1) is 0 Å². The van der Waals surface area contributed by atoms with Crippen LogP contribution in [0.4, 0.5) is 5.69 Å². The van der Waals surface area contributed by atoms with E-state index < -0.39 is 0 Å². The summed E-state index contributed by atoms with van der Waals surface area (Å²) in [5.41, 5.74) is 2.50. The van der Waals surface area contributed by atoms with Gasteiger partial charge in [0.25, 0.3) is 0 Å². The Labute approximate surface area is 131 Å². The Kier molecular flexibility index (Phi) is 5.46. The molecule has 0 saturated carbocycles. The van der Waals surface area contributed by atoms with E-state index >= 15 is 0 Å². The summed E-state index contributed by atoms with van der Waals surface area (Å²) in [5, 5.41) is 3.62. The molecule has 1 N–H and O–H groups in total. The summed E-state index contributed by atoms with van der Waals surface area (Å²) < 4.78 is 2.18. The van der Waals surface area contributed by atoms with Gasteiger partial charge >= 0.3 is 0 Å². The fourth-order valence-corrected chi connectivity index (χ4v) is 3.26. The number of halogens is 2. The highest BCUT2D eigenvalue weighted by atomic mass is 79.9. The van der Waals surface area contributed by atoms with E-state index in [2.05, 4.69) is 86.6 Å². The average Bonchev–Trinajstić information content (AvgIpc) is 2.43. The molecule has 0 aliphatic heterocycles. The van der Waals surface area contributed by atoms with Crippen LogP contribution in [-0.4, -0.2) is 6.04 Å². The van der Waals surface area contributed by atoms with E-state index in [9.17, 15) is 0 Å². The zero-order valence-corrected chi connectivity index (χ0v) is 14.0. The van der Waals surface area contributed by atoms with Crippen LogP contribution in [0.15, 0.2) is 57.5 Å². The average molecular weight is 383 g/mol. The minimum atomic E-state index is 0.428. The zero-order chi connectivity index (χ0) is 13.7. The summed E-state index contributed by atoms with van der Waals surface area (Å²) >= 11 is 7.20. The number of anilines is 1. The molecule has 3 heteroatoms. The maximum Gasteiger partial charge on any atom is 0.0631 e. The molecule has 0 amide bonds. The number of rotatable bonds is 5. The molecule has 0 fully saturated rings. The van der Waals surface area contributed by atoms with Gasteiger partial charge in [0.2, 0.25) is 0 Å². The van der Waals surface area contributed by atoms with Crippen LogP contribution in [0, 0.1) is 0 Å². The Morgan fingerprint density at radius 3 is 2.16 bits per heavy atom. The number of hydrogen-bond acceptors (Lipinski definition) is 1. The van der Waals surface area contributed by atoms with Crippen LogP contribution in [0.2, 0.25) is 0 Å². The molecule has 1 unspecified atom stereocenters. The van der Waals surface area contributed by atoms with Crippen molar-refractivity contribution in [3.8, 4) is 0 Å². The van der Waals surface area contributed by atoms with Crippen molar-refractivity contribution in [2.45, 2.75) is 25.8 Å². The fraction of sp³-hybridized carbons (Fsp3) is 0.250. The first-order chi connectivity index (χ1) is 9.20. The lowest BCUT2D eigenvalue weighted by molar-refractivity contribution is 0.689. The van der Waals surface area contributed by atoms with Gasteiger partial charge in [0.05, 0.1) is 5.69 Å². The smallest absolute Gasteiger partial charge is 0.0631 e. The third-order valence-corrected chi connectivity index (χ3v) is 4.45. The van der Waals surface area contributed by atoms with Crippen LogP contribution in [0.25, 0.3) is 0 Å². The topological polar surface area (TPSA) is 12.0 Å². The molecule has 19 heavy (non-hydrogen) atoms. The third-order valence-electron chi connectivity index (χ3n) is 3.13. The Bertz CT molecular complexity index is 505. The van der Waals surface area contributed by atoms with Gasteiger partial charge < -0.3 is 5.32 Å². The second kappa shape index (κ2) is 7.11. The van der Waals surface area contributed by atoms with Crippen molar-refractivity contribution in [2.75, 3.05) is 5.32 Å². The van der Waals surface area contributed by atoms with E-state index in [1.807, 2.05) is 6.07 Å². The van der Waals surface area contributed by atoms with Gasteiger partial charge in [-0.1, -0.05) is 43.3 Å². The molecule has 0 saturated heterocycles. The summed E-state index contributed by atoms with van der Waals surface area (Å²) in [6.07, 6.45) is 2.12. The lowest BCUT2D eigenvalue weighted by Crippen LogP contribution is -2.21. The lowest BCUT2D eigenvalue weighted by atomic mass is 10.0. The van der Waals surface area contributed by atoms with Crippen molar-refractivity contribution in [2.24, 2.45) is 0 Å². The highest BCUT2D eigenvalue weighted by Crippen LogP contribution is 2.31. The van der Waals surface area contributed by atoms with Crippen molar-refractivity contribution < 1.29 is 0 Å². The van der Waals surface area contributed by atoms with Gasteiger partial charge in [0.1, 0.15) is 0 Å². The van der Waals surface area contributed by atoms with Gasteiger partial charge in [0.15, 0.2) is 0 Å². The Morgan fingerprint density at radius 1 is 0.947 bits per heavy atom. The molecule has 2 aromatic carbocycles. The Balaban J connectivity index is 2.11. The molecule has 0 radical (unpaired) electrons. The van der Waals surface area contributed by atoms with E-state index in [1.54, 1.807) is 0 Å². The van der Waals surface area contributed by atoms with E-state index in [-0.39, 0.29) is 0 Å². The second-order valence-corrected chi connectivity index (χ2v) is 6.24. The molecule has 0 aliphatic rings. The van der Waals surface area contributed by atoms with Crippen molar-refractivity contribution >= 4 is 37.5 Å². The number of benzene rings is 2. The SMILES string of the molecule is CCC(Cc1ccccc1)Nc1c(Br)cccc1Br. The maximum atomic E-state index is 3.62. The van der Waals surface area contributed by atoms with E-state index in [0.29, 0.717) is 6.04 Å². The molecule has 1 nitrogen and oxygen atoms in total. The summed E-state index contributed by atoms with van der Waals surface area (Å²) in [6, 6.07) is 17.2. The van der Waals surface area contributed by atoms with Crippen LogP contribution < -0.4 is 5.32 Å². The molecular weight excluding hydrogens is 366 g/mol. The van der Waals surface area contributed by atoms with Crippen molar-refractivity contribution in [3.63, 3.8) is 0 Å². The first-order valence-electron chi connectivity index (χ1n) is 6.45. The molecule has 2 rings (SSSR count).